The number of nitrogens with zero attached hydrogens (tertiary/aromatic N) is 1. The molecule has 0 aliphatic rings. The number of benzene rings is 3. The lowest BCUT2D eigenvalue weighted by atomic mass is 10.2. The SMILES string of the molecule is CCC(Sc1cccc(NC(=O)c2ccc([N+](=O)[O-])cc2)c1)C(=O)Nc1cc(Cl)ccc1OC. The summed E-state index contributed by atoms with van der Waals surface area (Å²) in [6.45, 7) is 1.91. The summed E-state index contributed by atoms with van der Waals surface area (Å²) < 4.78 is 5.29. The van der Waals surface area contributed by atoms with Gasteiger partial charge >= 0.3 is 0 Å². The lowest BCUT2D eigenvalue weighted by molar-refractivity contribution is -0.384. The van der Waals surface area contributed by atoms with Gasteiger partial charge in [-0.3, -0.25) is 19.7 Å². The van der Waals surface area contributed by atoms with E-state index in [4.69, 9.17) is 16.3 Å². The van der Waals surface area contributed by atoms with Crippen LogP contribution in [0, 0.1) is 10.1 Å². The molecule has 10 heteroatoms. The zero-order chi connectivity index (χ0) is 24.7. The molecule has 0 saturated carbocycles. The molecule has 8 nitrogen and oxygen atoms in total. The number of anilines is 2. The van der Waals surface area contributed by atoms with Crippen molar-refractivity contribution < 1.29 is 19.2 Å². The standard InChI is InChI=1S/C24H22ClN3O5S/c1-3-22(24(30)27-20-13-16(25)9-12-21(20)33-2)34-19-6-4-5-17(14-19)26-23(29)15-7-10-18(11-8-15)28(31)32/h4-14,22H,3H2,1-2H3,(H,26,29)(H,27,30). The zero-order valence-corrected chi connectivity index (χ0v) is 20.0. The highest BCUT2D eigenvalue weighted by Gasteiger charge is 2.20. The molecule has 0 bridgehead atoms. The van der Waals surface area contributed by atoms with Gasteiger partial charge in [-0.05, 0) is 55.0 Å². The van der Waals surface area contributed by atoms with E-state index in [0.29, 0.717) is 34.1 Å². The van der Waals surface area contributed by atoms with Gasteiger partial charge in [0.05, 0.1) is 23.0 Å². The van der Waals surface area contributed by atoms with Crippen LogP contribution < -0.4 is 15.4 Å². The predicted octanol–water partition coefficient (Wildman–Crippen LogP) is 6.02. The highest BCUT2D eigenvalue weighted by Crippen LogP contribution is 2.31. The van der Waals surface area contributed by atoms with Gasteiger partial charge in [0.1, 0.15) is 5.75 Å². The number of amides is 2. The van der Waals surface area contributed by atoms with Gasteiger partial charge in [-0.15, -0.1) is 11.8 Å². The molecular formula is C24H22ClN3O5S. The summed E-state index contributed by atoms with van der Waals surface area (Å²) in [6, 6.07) is 17.5. The first-order valence-corrected chi connectivity index (χ1v) is 11.5. The monoisotopic (exact) mass is 499 g/mol. The fourth-order valence-corrected chi connectivity index (χ4v) is 4.25. The quantitative estimate of drug-likeness (QED) is 0.211. The molecule has 0 aliphatic heterocycles. The summed E-state index contributed by atoms with van der Waals surface area (Å²) in [5.41, 5.74) is 1.24. The topological polar surface area (TPSA) is 111 Å². The number of methoxy groups -OCH3 is 1. The van der Waals surface area contributed by atoms with E-state index >= 15 is 0 Å². The summed E-state index contributed by atoms with van der Waals surface area (Å²) in [7, 11) is 1.52. The Morgan fingerprint density at radius 3 is 2.47 bits per heavy atom. The number of non-ortho nitro benzene ring substituents is 1. The number of carbonyl (C=O) groups is 2. The number of thioether (sulfide) groups is 1. The first-order valence-electron chi connectivity index (χ1n) is 10.3. The van der Waals surface area contributed by atoms with Crippen molar-refractivity contribution in [1.82, 2.24) is 0 Å². The van der Waals surface area contributed by atoms with Crippen LogP contribution in [0.15, 0.2) is 71.6 Å². The van der Waals surface area contributed by atoms with Crippen LogP contribution in [0.3, 0.4) is 0 Å². The Balaban J connectivity index is 1.68. The Labute approximate surface area is 205 Å². The van der Waals surface area contributed by atoms with Gasteiger partial charge in [0.2, 0.25) is 5.91 Å². The fraction of sp³-hybridized carbons (Fsp3) is 0.167. The van der Waals surface area contributed by atoms with Gasteiger partial charge in [-0.2, -0.15) is 0 Å². The number of carbonyl (C=O) groups excluding carboxylic acids is 2. The molecule has 0 heterocycles. The Bertz CT molecular complexity index is 1200. The molecule has 0 fully saturated rings. The molecule has 0 aliphatic carbocycles. The second-order valence-electron chi connectivity index (χ2n) is 7.13. The molecular weight excluding hydrogens is 478 g/mol. The van der Waals surface area contributed by atoms with Gasteiger partial charge in [-0.25, -0.2) is 0 Å². The van der Waals surface area contributed by atoms with Crippen LogP contribution >= 0.6 is 23.4 Å². The number of ether oxygens (including phenoxy) is 1. The lowest BCUT2D eigenvalue weighted by Gasteiger charge is -2.17. The maximum absolute atomic E-state index is 12.9. The van der Waals surface area contributed by atoms with Crippen molar-refractivity contribution in [2.24, 2.45) is 0 Å². The average molecular weight is 500 g/mol. The highest BCUT2D eigenvalue weighted by molar-refractivity contribution is 8.00. The summed E-state index contributed by atoms with van der Waals surface area (Å²) in [4.78, 5) is 36.5. The molecule has 3 aromatic carbocycles. The second kappa shape index (κ2) is 11.5. The third-order valence-electron chi connectivity index (χ3n) is 4.79. The van der Waals surface area contributed by atoms with Crippen LogP contribution in [0.25, 0.3) is 0 Å². The minimum Gasteiger partial charge on any atom is -0.495 e. The number of nitrogens with one attached hydrogen (secondary N) is 2. The van der Waals surface area contributed by atoms with Crippen molar-refractivity contribution >= 4 is 52.2 Å². The Hall–Kier alpha value is -3.56. The van der Waals surface area contributed by atoms with Gasteiger partial charge in [-0.1, -0.05) is 24.6 Å². The molecule has 0 aromatic heterocycles. The minimum absolute atomic E-state index is 0.0887. The third-order valence-corrected chi connectivity index (χ3v) is 6.39. The normalized spacial score (nSPS) is 11.4. The summed E-state index contributed by atoms with van der Waals surface area (Å²) >= 11 is 7.41. The Morgan fingerprint density at radius 1 is 1.09 bits per heavy atom. The highest BCUT2D eigenvalue weighted by atomic mass is 35.5. The van der Waals surface area contributed by atoms with Crippen molar-refractivity contribution in [2.45, 2.75) is 23.5 Å². The molecule has 176 valence electrons. The minimum atomic E-state index is -0.523. The van der Waals surface area contributed by atoms with Crippen LogP contribution in [0.1, 0.15) is 23.7 Å². The van der Waals surface area contributed by atoms with Crippen molar-refractivity contribution in [2.75, 3.05) is 17.7 Å². The number of halogens is 1. The molecule has 34 heavy (non-hydrogen) atoms. The van der Waals surface area contributed by atoms with E-state index in [1.165, 1.54) is 43.1 Å². The molecule has 2 amide bonds. The van der Waals surface area contributed by atoms with Gasteiger partial charge in [0.15, 0.2) is 0 Å². The van der Waals surface area contributed by atoms with E-state index in [2.05, 4.69) is 10.6 Å². The smallest absolute Gasteiger partial charge is 0.269 e. The predicted molar refractivity (Wildman–Crippen MR) is 134 cm³/mol. The molecule has 0 saturated heterocycles. The largest absolute Gasteiger partial charge is 0.495 e. The molecule has 1 unspecified atom stereocenters. The fourth-order valence-electron chi connectivity index (χ4n) is 3.06. The van der Waals surface area contributed by atoms with Crippen molar-refractivity contribution in [1.29, 1.82) is 0 Å². The number of rotatable bonds is 9. The average Bonchev–Trinajstić information content (AvgIpc) is 2.83. The van der Waals surface area contributed by atoms with Gasteiger partial charge < -0.3 is 15.4 Å². The van der Waals surface area contributed by atoms with Crippen LogP contribution in [0.5, 0.6) is 5.75 Å². The number of nitro benzene ring substituents is 1. The number of hydrogen-bond acceptors (Lipinski definition) is 6. The maximum Gasteiger partial charge on any atom is 0.269 e. The Kier molecular flexibility index (Phi) is 8.50. The number of hydrogen-bond donors (Lipinski definition) is 2. The van der Waals surface area contributed by atoms with E-state index < -0.39 is 16.1 Å². The summed E-state index contributed by atoms with van der Waals surface area (Å²) in [6.07, 6.45) is 0.568. The van der Waals surface area contributed by atoms with Crippen LogP contribution in [0.2, 0.25) is 5.02 Å². The molecule has 0 spiro atoms. The lowest BCUT2D eigenvalue weighted by Crippen LogP contribution is -2.24. The van der Waals surface area contributed by atoms with Gasteiger partial charge in [0, 0.05) is 33.3 Å². The van der Waals surface area contributed by atoms with E-state index in [1.807, 2.05) is 13.0 Å². The van der Waals surface area contributed by atoms with E-state index in [1.54, 1.807) is 36.4 Å². The van der Waals surface area contributed by atoms with Crippen molar-refractivity contribution in [3.8, 4) is 5.75 Å². The zero-order valence-electron chi connectivity index (χ0n) is 18.4. The molecule has 1 atom stereocenters. The number of nitro groups is 1. The van der Waals surface area contributed by atoms with Crippen molar-refractivity contribution in [3.63, 3.8) is 0 Å². The van der Waals surface area contributed by atoms with E-state index in [-0.39, 0.29) is 11.6 Å². The molecule has 0 radical (unpaired) electrons. The maximum atomic E-state index is 12.9. The van der Waals surface area contributed by atoms with E-state index in [0.717, 1.165) is 4.90 Å². The summed E-state index contributed by atoms with van der Waals surface area (Å²) in [5.74, 6) is -0.0863. The van der Waals surface area contributed by atoms with Crippen LogP contribution in [-0.2, 0) is 4.79 Å². The van der Waals surface area contributed by atoms with Crippen LogP contribution in [-0.4, -0.2) is 29.1 Å². The molecule has 3 aromatic rings. The van der Waals surface area contributed by atoms with Crippen molar-refractivity contribution in [3.05, 3.63) is 87.4 Å². The summed E-state index contributed by atoms with van der Waals surface area (Å²) in [5, 5.41) is 16.5. The Morgan fingerprint density at radius 2 is 1.82 bits per heavy atom. The first-order chi connectivity index (χ1) is 16.3. The van der Waals surface area contributed by atoms with Crippen LogP contribution in [0.4, 0.5) is 17.1 Å². The molecule has 3 rings (SSSR count). The van der Waals surface area contributed by atoms with E-state index in [9.17, 15) is 19.7 Å². The second-order valence-corrected chi connectivity index (χ2v) is 8.85. The first kappa shape index (κ1) is 25.1. The molecule has 2 N–H and O–H groups in total. The third kappa shape index (κ3) is 6.49. The van der Waals surface area contributed by atoms with Gasteiger partial charge in [0.25, 0.3) is 11.6 Å².